The van der Waals surface area contributed by atoms with Crippen molar-refractivity contribution in [3.05, 3.63) is 54.1 Å². The normalized spacial score (nSPS) is 22.3. The van der Waals surface area contributed by atoms with Crippen molar-refractivity contribution in [3.8, 4) is 0 Å². The average molecular weight is 448 g/mol. The van der Waals surface area contributed by atoms with Gasteiger partial charge in [-0.15, -0.1) is 6.58 Å². The summed E-state index contributed by atoms with van der Waals surface area (Å²) in [5.74, 6) is 2.31. The number of rotatable bonds is 14. The van der Waals surface area contributed by atoms with Crippen molar-refractivity contribution in [2.45, 2.75) is 129 Å². The Labute approximate surface area is 206 Å². The number of hydrogen-bond acceptors (Lipinski definition) is 1. The Morgan fingerprint density at radius 1 is 1.00 bits per heavy atom. The zero-order chi connectivity index (χ0) is 23.8. The van der Waals surface area contributed by atoms with Crippen molar-refractivity contribution in [2.75, 3.05) is 0 Å². The minimum Gasteiger partial charge on any atom is -0.333 e. The fraction of sp³-hybridized carbons (Fsp3) is 0.677. The summed E-state index contributed by atoms with van der Waals surface area (Å²) in [7, 11) is 0. The molecule has 3 unspecified atom stereocenters. The van der Waals surface area contributed by atoms with Gasteiger partial charge >= 0.3 is 0 Å². The average Bonchev–Trinajstić information content (AvgIpc) is 3.40. The van der Waals surface area contributed by atoms with Gasteiger partial charge in [-0.2, -0.15) is 0 Å². The van der Waals surface area contributed by atoms with Gasteiger partial charge in [-0.25, -0.2) is 0 Å². The molecule has 2 aliphatic carbocycles. The summed E-state index contributed by atoms with van der Waals surface area (Å²) in [6.45, 7) is 16.5. The number of benzene rings is 1. The van der Waals surface area contributed by atoms with Gasteiger partial charge in [0.1, 0.15) is 0 Å². The van der Waals surface area contributed by atoms with E-state index in [-0.39, 0.29) is 0 Å². The van der Waals surface area contributed by atoms with Gasteiger partial charge < -0.3 is 4.81 Å². The molecule has 1 saturated carbocycles. The van der Waals surface area contributed by atoms with E-state index in [2.05, 4.69) is 82.4 Å². The second-order valence-corrected chi connectivity index (χ2v) is 11.4. The van der Waals surface area contributed by atoms with E-state index in [4.69, 9.17) is 0 Å². The van der Waals surface area contributed by atoms with Crippen LogP contribution in [0.15, 0.2) is 43.0 Å². The Bertz CT molecular complexity index is 756. The van der Waals surface area contributed by atoms with Crippen molar-refractivity contribution >= 4 is 12.3 Å². The van der Waals surface area contributed by atoms with Crippen LogP contribution >= 0.6 is 0 Å². The molecule has 0 N–H and O–H groups in total. The molecule has 1 fully saturated rings. The van der Waals surface area contributed by atoms with E-state index >= 15 is 0 Å². The Morgan fingerprint density at radius 3 is 2.45 bits per heavy atom. The maximum absolute atomic E-state index is 3.94. The van der Waals surface area contributed by atoms with E-state index in [0.29, 0.717) is 24.8 Å². The van der Waals surface area contributed by atoms with Gasteiger partial charge in [0.05, 0.1) is 0 Å². The second kappa shape index (κ2) is 13.0. The molecule has 0 radical (unpaired) electrons. The highest BCUT2D eigenvalue weighted by atomic mass is 15.1. The monoisotopic (exact) mass is 447 g/mol. The van der Waals surface area contributed by atoms with Crippen molar-refractivity contribution in [3.63, 3.8) is 0 Å². The Morgan fingerprint density at radius 2 is 1.76 bits per heavy atom. The van der Waals surface area contributed by atoms with E-state index in [1.165, 1.54) is 64.2 Å². The molecular formula is C31H50BN. The number of fused-ring (bicyclic) bond motifs is 1. The molecule has 0 aliphatic heterocycles. The Balaban J connectivity index is 1.87. The molecule has 0 aromatic heterocycles. The summed E-state index contributed by atoms with van der Waals surface area (Å²) in [5.41, 5.74) is 4.76. The first kappa shape index (κ1) is 26.3. The zero-order valence-electron chi connectivity index (χ0n) is 22.4. The molecule has 2 aliphatic rings. The fourth-order valence-corrected chi connectivity index (χ4v) is 6.88. The van der Waals surface area contributed by atoms with Gasteiger partial charge in [-0.05, 0) is 54.2 Å². The fourth-order valence-electron chi connectivity index (χ4n) is 6.88. The third kappa shape index (κ3) is 6.65. The summed E-state index contributed by atoms with van der Waals surface area (Å²) < 4.78 is 0. The first-order valence-corrected chi connectivity index (χ1v) is 14.2. The summed E-state index contributed by atoms with van der Waals surface area (Å²) in [4.78, 5) is 2.85. The number of hydrogen-bond donors (Lipinski definition) is 0. The lowest BCUT2D eigenvalue weighted by atomic mass is 9.42. The molecule has 0 bridgehead atoms. The van der Waals surface area contributed by atoms with Gasteiger partial charge in [0.2, 0.25) is 0 Å². The van der Waals surface area contributed by atoms with Gasteiger partial charge in [-0.1, -0.05) is 128 Å². The molecule has 0 saturated heterocycles. The molecule has 1 aromatic rings. The van der Waals surface area contributed by atoms with E-state index in [9.17, 15) is 0 Å². The highest BCUT2D eigenvalue weighted by Gasteiger charge is 2.43. The summed E-state index contributed by atoms with van der Waals surface area (Å²) >= 11 is 0. The van der Waals surface area contributed by atoms with E-state index in [0.717, 1.165) is 18.2 Å². The smallest absolute Gasteiger partial charge is 0.261 e. The topological polar surface area (TPSA) is 3.24 Å². The molecule has 1 aromatic carbocycles. The maximum atomic E-state index is 3.94. The molecule has 0 spiro atoms. The molecule has 33 heavy (non-hydrogen) atoms. The quantitative estimate of drug-likeness (QED) is 0.156. The lowest BCUT2D eigenvalue weighted by molar-refractivity contribution is 0.300. The van der Waals surface area contributed by atoms with Gasteiger partial charge in [0.25, 0.3) is 6.85 Å². The van der Waals surface area contributed by atoms with Gasteiger partial charge in [-0.3, -0.25) is 0 Å². The number of allylic oxidation sites excluding steroid dienone is 2. The molecule has 0 amide bonds. The molecule has 3 atom stereocenters. The van der Waals surface area contributed by atoms with E-state index in [1.54, 1.807) is 16.6 Å². The zero-order valence-corrected chi connectivity index (χ0v) is 22.4. The van der Waals surface area contributed by atoms with E-state index < -0.39 is 0 Å². The molecule has 0 heterocycles. The van der Waals surface area contributed by atoms with Crippen LogP contribution in [0.4, 0.5) is 0 Å². The molecule has 1 nitrogen and oxygen atoms in total. The van der Waals surface area contributed by atoms with Crippen LogP contribution in [0.2, 0.25) is 5.82 Å². The van der Waals surface area contributed by atoms with Crippen molar-refractivity contribution in [2.24, 2.45) is 5.92 Å². The predicted octanol–water partition coefficient (Wildman–Crippen LogP) is 9.31. The highest BCUT2D eigenvalue weighted by Crippen LogP contribution is 2.48. The number of unbranched alkanes of at least 4 members (excludes halogenated alkanes) is 4. The molecule has 2 heteroatoms. The van der Waals surface area contributed by atoms with Crippen LogP contribution in [0.25, 0.3) is 5.47 Å². The summed E-state index contributed by atoms with van der Waals surface area (Å²) in [5, 5.41) is 0. The largest absolute Gasteiger partial charge is 0.333 e. The minimum absolute atomic E-state index is 0.552. The third-order valence-electron chi connectivity index (χ3n) is 8.30. The lowest BCUT2D eigenvalue weighted by Gasteiger charge is -2.40. The van der Waals surface area contributed by atoms with Crippen LogP contribution in [0.5, 0.6) is 0 Å². The van der Waals surface area contributed by atoms with Crippen LogP contribution < -0.4 is 0 Å². The number of nitrogens with zero attached hydrogens (tertiary/aromatic N) is 1. The van der Waals surface area contributed by atoms with Gasteiger partial charge in [0, 0.05) is 5.92 Å². The standard InChI is InChI=1S/C31H50BN/c1-7-9-11-13-16-26-20-21-28(22-26)32(33(24(3)4)25(5)6)31-23-27(17-12-10-8-2)29-18-14-15-19-30(29)31/h8,14-15,18-19,23-28H,2,7,9-13,16-17,20-22H2,1,3-6H3. The van der Waals surface area contributed by atoms with Crippen LogP contribution in [-0.4, -0.2) is 23.7 Å². The van der Waals surface area contributed by atoms with Crippen molar-refractivity contribution < 1.29 is 0 Å². The van der Waals surface area contributed by atoms with Crippen LogP contribution in [0.3, 0.4) is 0 Å². The Hall–Kier alpha value is -1.28. The SMILES string of the molecule is C=CCCCC1C=C(B(C2CCC(CCCCCC)C2)N(C(C)C)C(C)C)c2ccccc21. The van der Waals surface area contributed by atoms with E-state index in [1.807, 2.05) is 0 Å². The Kier molecular flexibility index (Phi) is 10.4. The first-order valence-electron chi connectivity index (χ1n) is 14.2. The third-order valence-corrected chi connectivity index (χ3v) is 8.30. The van der Waals surface area contributed by atoms with Crippen LogP contribution in [-0.2, 0) is 0 Å². The summed E-state index contributed by atoms with van der Waals surface area (Å²) in [6.07, 6.45) is 19.7. The van der Waals surface area contributed by atoms with Crippen LogP contribution in [0.1, 0.15) is 122 Å². The van der Waals surface area contributed by atoms with Crippen molar-refractivity contribution in [1.29, 1.82) is 0 Å². The predicted molar refractivity (Wildman–Crippen MR) is 149 cm³/mol. The minimum atomic E-state index is 0.552. The van der Waals surface area contributed by atoms with Crippen LogP contribution in [0, 0.1) is 5.92 Å². The van der Waals surface area contributed by atoms with Crippen molar-refractivity contribution in [1.82, 2.24) is 4.81 Å². The lowest BCUT2D eigenvalue weighted by Crippen LogP contribution is -2.51. The molecule has 182 valence electrons. The first-order chi connectivity index (χ1) is 16.0. The molecule has 3 rings (SSSR count). The highest BCUT2D eigenvalue weighted by molar-refractivity contribution is 6.78. The van der Waals surface area contributed by atoms with Gasteiger partial charge in [0.15, 0.2) is 0 Å². The maximum Gasteiger partial charge on any atom is 0.261 e. The molecular weight excluding hydrogens is 397 g/mol. The second-order valence-electron chi connectivity index (χ2n) is 11.4. The summed E-state index contributed by atoms with van der Waals surface area (Å²) in [6, 6.07) is 10.4.